The fraction of sp³-hybridized carbons (Fsp3) is 0.316. The van der Waals surface area contributed by atoms with E-state index in [-0.39, 0.29) is 23.8 Å². The van der Waals surface area contributed by atoms with E-state index < -0.39 is 11.9 Å². The van der Waals surface area contributed by atoms with Gasteiger partial charge in [0, 0.05) is 17.1 Å². The van der Waals surface area contributed by atoms with Crippen LogP contribution < -0.4 is 10.6 Å². The minimum atomic E-state index is -4.55. The van der Waals surface area contributed by atoms with E-state index in [2.05, 4.69) is 30.8 Å². The van der Waals surface area contributed by atoms with Gasteiger partial charge in [0.25, 0.3) is 5.91 Å². The lowest BCUT2D eigenvalue weighted by atomic mass is 10.1. The second-order valence-corrected chi connectivity index (χ2v) is 7.46. The Bertz CT molecular complexity index is 1060. The lowest BCUT2D eigenvalue weighted by Crippen LogP contribution is -2.43. The maximum atomic E-state index is 13.0. The fourth-order valence-corrected chi connectivity index (χ4v) is 3.67. The van der Waals surface area contributed by atoms with Crippen LogP contribution in [-0.2, 0) is 6.18 Å². The Hall–Kier alpha value is -3.21. The first-order valence-electron chi connectivity index (χ1n) is 9.44. The van der Waals surface area contributed by atoms with E-state index in [0.29, 0.717) is 28.9 Å². The summed E-state index contributed by atoms with van der Waals surface area (Å²) in [6.07, 6.45) is 2.42. The number of halogens is 4. The zero-order valence-electron chi connectivity index (χ0n) is 16.0. The molecular weight excluding hydrogens is 435 g/mol. The van der Waals surface area contributed by atoms with Crippen molar-refractivity contribution in [3.8, 4) is 5.69 Å². The molecule has 3 aromatic rings. The molecular formula is C19H17ClF3N7O. The summed E-state index contributed by atoms with van der Waals surface area (Å²) >= 11 is 6.08. The van der Waals surface area contributed by atoms with E-state index in [4.69, 9.17) is 11.6 Å². The van der Waals surface area contributed by atoms with Crippen molar-refractivity contribution in [2.75, 3.05) is 5.32 Å². The molecule has 2 heterocycles. The van der Waals surface area contributed by atoms with Crippen molar-refractivity contribution in [3.05, 3.63) is 59.3 Å². The number of nitrogens with zero attached hydrogens (tertiary/aromatic N) is 5. The number of carbonyl (C=O) groups excluding carboxylic acids is 1. The summed E-state index contributed by atoms with van der Waals surface area (Å²) in [5.41, 5.74) is -0.276. The molecule has 0 spiro atoms. The first-order chi connectivity index (χ1) is 14.8. The predicted octanol–water partition coefficient (Wildman–Crippen LogP) is 3.49. The van der Waals surface area contributed by atoms with E-state index in [1.807, 2.05) is 0 Å². The van der Waals surface area contributed by atoms with Crippen LogP contribution in [-0.4, -0.2) is 43.0 Å². The van der Waals surface area contributed by atoms with Crippen LogP contribution in [0, 0.1) is 0 Å². The summed E-state index contributed by atoms with van der Waals surface area (Å²) in [6.45, 7) is 0. The Labute approximate surface area is 179 Å². The molecule has 0 bridgehead atoms. The smallest absolute Gasteiger partial charge is 0.364 e. The number of amides is 1. The van der Waals surface area contributed by atoms with E-state index in [1.165, 1.54) is 23.3 Å². The highest BCUT2D eigenvalue weighted by Crippen LogP contribution is 2.28. The highest BCUT2D eigenvalue weighted by molar-refractivity contribution is 6.31. The fourth-order valence-electron chi connectivity index (χ4n) is 3.50. The van der Waals surface area contributed by atoms with Crippen LogP contribution in [0.2, 0.25) is 5.02 Å². The predicted molar refractivity (Wildman–Crippen MR) is 106 cm³/mol. The molecule has 12 heteroatoms. The van der Waals surface area contributed by atoms with Gasteiger partial charge in [0.05, 0.1) is 36.0 Å². The van der Waals surface area contributed by atoms with Gasteiger partial charge in [-0.1, -0.05) is 11.6 Å². The second-order valence-electron chi connectivity index (χ2n) is 7.03. The maximum Gasteiger partial charge on any atom is 0.434 e. The molecule has 1 aliphatic rings. The van der Waals surface area contributed by atoms with Gasteiger partial charge in [0.15, 0.2) is 5.69 Å². The topological polar surface area (TPSA) is 97.6 Å². The van der Waals surface area contributed by atoms with Crippen LogP contribution in [0.25, 0.3) is 5.69 Å². The average Bonchev–Trinajstić information content (AvgIpc) is 3.40. The quantitative estimate of drug-likeness (QED) is 0.616. The molecule has 2 N–H and O–H groups in total. The number of aromatic nitrogens is 5. The number of hydrogen-bond acceptors (Lipinski definition) is 6. The lowest BCUT2D eigenvalue weighted by molar-refractivity contribution is -0.141. The Morgan fingerprint density at radius 3 is 2.52 bits per heavy atom. The van der Waals surface area contributed by atoms with Crippen LogP contribution in [0.1, 0.15) is 35.3 Å². The van der Waals surface area contributed by atoms with Crippen LogP contribution >= 0.6 is 11.6 Å². The summed E-state index contributed by atoms with van der Waals surface area (Å²) in [5, 5.41) is 14.6. The summed E-state index contributed by atoms with van der Waals surface area (Å²) in [6, 6.07) is 4.36. The van der Waals surface area contributed by atoms with Crippen molar-refractivity contribution in [2.24, 2.45) is 0 Å². The maximum absolute atomic E-state index is 13.0. The third-order valence-corrected chi connectivity index (χ3v) is 5.18. The third kappa shape index (κ3) is 4.76. The standard InChI is InChI=1S/C19H17ClF3N7O/c20-11-4-5-15(30-26-6-7-27-30)12(8-11)18(31)29-14-3-1-2-13(14)28-17-10-24-16(9-25-17)19(21,22)23/h4-10,13-14H,1-3H2,(H,25,28)(H,29,31)/t13-,14?/m0/s1. The normalized spacial score (nSPS) is 18.7. The van der Waals surface area contributed by atoms with Crippen LogP contribution in [0.15, 0.2) is 43.0 Å². The van der Waals surface area contributed by atoms with Gasteiger partial charge in [-0.15, -0.1) is 0 Å². The molecule has 2 atom stereocenters. The monoisotopic (exact) mass is 451 g/mol. The van der Waals surface area contributed by atoms with Crippen molar-refractivity contribution < 1.29 is 18.0 Å². The number of hydrogen-bond donors (Lipinski definition) is 2. The summed E-state index contributed by atoms with van der Waals surface area (Å²) in [7, 11) is 0. The zero-order chi connectivity index (χ0) is 22.0. The van der Waals surface area contributed by atoms with Gasteiger partial charge in [-0.3, -0.25) is 4.79 Å². The van der Waals surface area contributed by atoms with Gasteiger partial charge in [-0.05, 0) is 37.5 Å². The minimum Gasteiger partial charge on any atom is -0.364 e. The Morgan fingerprint density at radius 1 is 1.10 bits per heavy atom. The third-order valence-electron chi connectivity index (χ3n) is 4.95. The Balaban J connectivity index is 1.48. The van der Waals surface area contributed by atoms with Gasteiger partial charge in [0.1, 0.15) is 5.82 Å². The molecule has 0 radical (unpaired) electrons. The van der Waals surface area contributed by atoms with Crippen molar-refractivity contribution in [1.82, 2.24) is 30.3 Å². The minimum absolute atomic E-state index is 0.208. The van der Waals surface area contributed by atoms with E-state index in [1.54, 1.807) is 12.1 Å². The first kappa shape index (κ1) is 21.0. The number of anilines is 1. The molecule has 1 aromatic carbocycles. The zero-order valence-corrected chi connectivity index (χ0v) is 16.7. The molecule has 8 nitrogen and oxygen atoms in total. The van der Waals surface area contributed by atoms with Crippen molar-refractivity contribution in [3.63, 3.8) is 0 Å². The van der Waals surface area contributed by atoms with Crippen LogP contribution in [0.5, 0.6) is 0 Å². The number of alkyl halides is 3. The highest BCUT2D eigenvalue weighted by Gasteiger charge is 2.33. The molecule has 1 amide bonds. The van der Waals surface area contributed by atoms with Gasteiger partial charge in [-0.2, -0.15) is 28.2 Å². The molecule has 31 heavy (non-hydrogen) atoms. The molecule has 0 saturated heterocycles. The van der Waals surface area contributed by atoms with Crippen LogP contribution in [0.4, 0.5) is 19.0 Å². The van der Waals surface area contributed by atoms with Crippen molar-refractivity contribution in [2.45, 2.75) is 37.5 Å². The number of rotatable bonds is 5. The number of carbonyl (C=O) groups is 1. The van der Waals surface area contributed by atoms with Gasteiger partial charge in [-0.25, -0.2) is 9.97 Å². The largest absolute Gasteiger partial charge is 0.434 e. The molecule has 1 aliphatic carbocycles. The Morgan fingerprint density at radius 2 is 1.84 bits per heavy atom. The van der Waals surface area contributed by atoms with Crippen LogP contribution in [0.3, 0.4) is 0 Å². The van der Waals surface area contributed by atoms with Gasteiger partial charge < -0.3 is 10.6 Å². The molecule has 1 saturated carbocycles. The molecule has 0 aliphatic heterocycles. The molecule has 1 fully saturated rings. The first-order valence-corrected chi connectivity index (χ1v) is 9.82. The van der Waals surface area contributed by atoms with Gasteiger partial charge in [0.2, 0.25) is 0 Å². The lowest BCUT2D eigenvalue weighted by Gasteiger charge is -2.23. The molecule has 1 unspecified atom stereocenters. The second kappa shape index (κ2) is 8.50. The van der Waals surface area contributed by atoms with E-state index in [9.17, 15) is 18.0 Å². The highest BCUT2D eigenvalue weighted by atomic mass is 35.5. The molecule has 162 valence electrons. The van der Waals surface area contributed by atoms with Crippen molar-refractivity contribution >= 4 is 23.3 Å². The number of benzene rings is 1. The van der Waals surface area contributed by atoms with E-state index >= 15 is 0 Å². The van der Waals surface area contributed by atoms with E-state index in [0.717, 1.165) is 19.0 Å². The van der Waals surface area contributed by atoms with Crippen molar-refractivity contribution in [1.29, 1.82) is 0 Å². The SMILES string of the molecule is O=C(NC1CCC[C@@H]1Nc1cnc(C(F)(F)F)cn1)c1cc(Cl)ccc1-n1nccn1. The summed E-state index contributed by atoms with van der Waals surface area (Å²) < 4.78 is 38.0. The Kier molecular flexibility index (Phi) is 5.77. The van der Waals surface area contributed by atoms with Gasteiger partial charge >= 0.3 is 6.18 Å². The summed E-state index contributed by atoms with van der Waals surface area (Å²) in [5.74, 6) is -0.143. The average molecular weight is 452 g/mol. The molecule has 4 rings (SSSR count). The molecule has 2 aromatic heterocycles. The summed E-state index contributed by atoms with van der Waals surface area (Å²) in [4.78, 5) is 21.5. The number of nitrogens with one attached hydrogen (secondary N) is 2.